The van der Waals surface area contributed by atoms with Crippen molar-refractivity contribution in [2.45, 2.75) is 19.1 Å². The summed E-state index contributed by atoms with van der Waals surface area (Å²) in [6.07, 6.45) is -0.672. The summed E-state index contributed by atoms with van der Waals surface area (Å²) in [6.45, 7) is 5.44. The summed E-state index contributed by atoms with van der Waals surface area (Å²) in [5, 5.41) is 10.9. The number of aliphatic hydroxyl groups is 1. The van der Waals surface area contributed by atoms with Gasteiger partial charge in [-0.3, -0.25) is 9.80 Å². The first kappa shape index (κ1) is 23.5. The average molecular weight is 451 g/mol. The van der Waals surface area contributed by atoms with Gasteiger partial charge in [0.2, 0.25) is 0 Å². The molecule has 3 rings (SSSR count). The first-order valence-electron chi connectivity index (χ1n) is 10.4. The number of carbonyl (C=O) groups excluding carboxylic acids is 1. The van der Waals surface area contributed by atoms with Crippen molar-refractivity contribution in [2.75, 3.05) is 45.9 Å². The van der Waals surface area contributed by atoms with E-state index in [-0.39, 0.29) is 18.4 Å². The third-order valence-electron chi connectivity index (χ3n) is 5.19. The summed E-state index contributed by atoms with van der Waals surface area (Å²) in [5.41, 5.74) is 0.851. The van der Waals surface area contributed by atoms with E-state index >= 15 is 0 Å². The molecule has 1 N–H and O–H groups in total. The minimum atomic E-state index is -0.672. The molecule has 6 nitrogen and oxygen atoms in total. The quantitative estimate of drug-likeness (QED) is 0.592. The Labute approximate surface area is 187 Å². The van der Waals surface area contributed by atoms with E-state index in [0.29, 0.717) is 50.1 Å². The lowest BCUT2D eigenvalue weighted by Gasteiger charge is -2.39. The first-order chi connectivity index (χ1) is 15.0. The van der Waals surface area contributed by atoms with Crippen molar-refractivity contribution < 1.29 is 23.8 Å². The van der Waals surface area contributed by atoms with Gasteiger partial charge in [-0.15, -0.1) is 0 Å². The third-order valence-corrected chi connectivity index (χ3v) is 5.44. The molecule has 0 bridgehead atoms. The molecule has 0 radical (unpaired) electrons. The highest BCUT2D eigenvalue weighted by Crippen LogP contribution is 2.25. The number of ether oxygens (including phenoxy) is 2. The van der Waals surface area contributed by atoms with Crippen LogP contribution in [0.4, 0.5) is 4.39 Å². The van der Waals surface area contributed by atoms with Crippen molar-refractivity contribution in [3.63, 3.8) is 0 Å². The second kappa shape index (κ2) is 11.4. The molecule has 168 valence electrons. The number of hydrogen-bond donors (Lipinski definition) is 1. The average Bonchev–Trinajstić information content (AvgIpc) is 2.76. The van der Waals surface area contributed by atoms with Crippen LogP contribution in [0, 0.1) is 5.82 Å². The number of nitrogens with zero attached hydrogens (tertiary/aromatic N) is 2. The fourth-order valence-electron chi connectivity index (χ4n) is 3.64. The van der Waals surface area contributed by atoms with E-state index in [4.69, 9.17) is 21.1 Å². The molecule has 2 atom stereocenters. The number of aliphatic hydroxyl groups excluding tert-OH is 1. The number of halogens is 2. The Morgan fingerprint density at radius 1 is 1.10 bits per heavy atom. The van der Waals surface area contributed by atoms with Crippen LogP contribution in [0.25, 0.3) is 0 Å². The van der Waals surface area contributed by atoms with E-state index in [2.05, 4.69) is 9.80 Å². The molecule has 8 heteroatoms. The standard InChI is InChI=1S/C23H28ClFN2O4/c1-2-30-23(29)22(17-3-5-18(24)6-4-17)27-13-11-26(12-14-27)15-20(28)16-31-21-9-7-19(25)8-10-21/h3-10,20,22,28H,2,11-16H2,1H3/t20-,22-/m1/s1. The highest BCUT2D eigenvalue weighted by molar-refractivity contribution is 6.30. The molecule has 1 aliphatic heterocycles. The van der Waals surface area contributed by atoms with Gasteiger partial charge in [0.15, 0.2) is 0 Å². The first-order valence-corrected chi connectivity index (χ1v) is 10.8. The highest BCUT2D eigenvalue weighted by atomic mass is 35.5. The molecule has 2 aromatic carbocycles. The zero-order valence-electron chi connectivity index (χ0n) is 17.5. The monoisotopic (exact) mass is 450 g/mol. The lowest BCUT2D eigenvalue weighted by Crippen LogP contribution is -2.51. The summed E-state index contributed by atoms with van der Waals surface area (Å²) in [6, 6.07) is 12.5. The summed E-state index contributed by atoms with van der Waals surface area (Å²) >= 11 is 6.00. The molecule has 0 amide bonds. The number of esters is 1. The molecule has 0 aromatic heterocycles. The van der Waals surface area contributed by atoms with Crippen molar-refractivity contribution >= 4 is 17.6 Å². The number of β-amino-alcohol motifs (C(OH)–C–C–N with tert-alkyl or cyclic N) is 1. The SMILES string of the molecule is CCOC(=O)[C@@H](c1ccc(Cl)cc1)N1CCN(C[C@@H](O)COc2ccc(F)cc2)CC1. The van der Waals surface area contributed by atoms with Crippen molar-refractivity contribution in [3.05, 3.63) is 64.9 Å². The molecule has 0 aliphatic carbocycles. The molecule has 31 heavy (non-hydrogen) atoms. The van der Waals surface area contributed by atoms with E-state index in [1.807, 2.05) is 12.1 Å². The van der Waals surface area contributed by atoms with E-state index in [9.17, 15) is 14.3 Å². The van der Waals surface area contributed by atoms with Gasteiger partial charge in [-0.2, -0.15) is 0 Å². The van der Waals surface area contributed by atoms with Crippen LogP contribution in [-0.2, 0) is 9.53 Å². The van der Waals surface area contributed by atoms with Crippen LogP contribution >= 0.6 is 11.6 Å². The minimum Gasteiger partial charge on any atom is -0.491 e. The molecule has 0 spiro atoms. The van der Waals surface area contributed by atoms with Gasteiger partial charge in [-0.25, -0.2) is 9.18 Å². The Kier molecular flexibility index (Phi) is 8.66. The Bertz CT molecular complexity index is 826. The summed E-state index contributed by atoms with van der Waals surface area (Å²) < 4.78 is 23.8. The third kappa shape index (κ3) is 6.90. The van der Waals surface area contributed by atoms with E-state index in [1.165, 1.54) is 24.3 Å². The largest absolute Gasteiger partial charge is 0.491 e. The summed E-state index contributed by atoms with van der Waals surface area (Å²) in [5.74, 6) is -0.0815. The van der Waals surface area contributed by atoms with Crippen LogP contribution in [0.2, 0.25) is 5.02 Å². The van der Waals surface area contributed by atoms with Gasteiger partial charge >= 0.3 is 5.97 Å². The number of benzene rings is 2. The Morgan fingerprint density at radius 3 is 2.35 bits per heavy atom. The van der Waals surface area contributed by atoms with Gasteiger partial charge in [0.25, 0.3) is 0 Å². The second-order valence-electron chi connectivity index (χ2n) is 7.46. The zero-order valence-corrected chi connectivity index (χ0v) is 18.3. The van der Waals surface area contributed by atoms with Gasteiger partial charge in [0.1, 0.15) is 30.3 Å². The molecule has 1 heterocycles. The van der Waals surface area contributed by atoms with Gasteiger partial charge in [0, 0.05) is 37.7 Å². The predicted octanol–water partition coefficient (Wildman–Crippen LogP) is 3.14. The summed E-state index contributed by atoms with van der Waals surface area (Å²) in [7, 11) is 0. The van der Waals surface area contributed by atoms with Crippen LogP contribution in [0.15, 0.2) is 48.5 Å². The number of hydrogen-bond acceptors (Lipinski definition) is 6. The molecule has 0 unspecified atom stereocenters. The predicted molar refractivity (Wildman–Crippen MR) is 117 cm³/mol. The van der Waals surface area contributed by atoms with Crippen LogP contribution in [0.1, 0.15) is 18.5 Å². The molecule has 1 aliphatic rings. The lowest BCUT2D eigenvalue weighted by atomic mass is 10.0. The van der Waals surface area contributed by atoms with Gasteiger partial charge in [0.05, 0.1) is 6.61 Å². The van der Waals surface area contributed by atoms with Crippen molar-refractivity contribution in [3.8, 4) is 5.75 Å². The minimum absolute atomic E-state index is 0.127. The maximum Gasteiger partial charge on any atom is 0.328 e. The van der Waals surface area contributed by atoms with E-state index < -0.39 is 12.1 Å². The maximum atomic E-state index is 13.0. The Balaban J connectivity index is 1.51. The van der Waals surface area contributed by atoms with Gasteiger partial charge in [-0.1, -0.05) is 23.7 Å². The Hall–Kier alpha value is -2.19. The second-order valence-corrected chi connectivity index (χ2v) is 7.90. The molecular weight excluding hydrogens is 423 g/mol. The Morgan fingerprint density at radius 2 is 1.74 bits per heavy atom. The zero-order chi connectivity index (χ0) is 22.2. The topological polar surface area (TPSA) is 62.2 Å². The molecular formula is C23H28ClFN2O4. The molecule has 0 saturated carbocycles. The van der Waals surface area contributed by atoms with Gasteiger partial charge in [-0.05, 0) is 48.9 Å². The van der Waals surface area contributed by atoms with E-state index in [1.54, 1.807) is 19.1 Å². The number of piperazine rings is 1. The maximum absolute atomic E-state index is 13.0. The number of rotatable bonds is 9. The fraction of sp³-hybridized carbons (Fsp3) is 0.435. The summed E-state index contributed by atoms with van der Waals surface area (Å²) in [4.78, 5) is 16.9. The lowest BCUT2D eigenvalue weighted by molar-refractivity contribution is -0.150. The van der Waals surface area contributed by atoms with E-state index in [0.717, 1.165) is 5.56 Å². The van der Waals surface area contributed by atoms with Crippen molar-refractivity contribution in [2.24, 2.45) is 0 Å². The number of carbonyl (C=O) groups is 1. The molecule has 1 fully saturated rings. The van der Waals surface area contributed by atoms with Crippen LogP contribution in [0.5, 0.6) is 5.75 Å². The normalized spacial score (nSPS) is 17.2. The van der Waals surface area contributed by atoms with Crippen LogP contribution in [0.3, 0.4) is 0 Å². The van der Waals surface area contributed by atoms with Crippen LogP contribution < -0.4 is 4.74 Å². The van der Waals surface area contributed by atoms with Crippen LogP contribution in [-0.4, -0.2) is 72.9 Å². The van der Waals surface area contributed by atoms with Crippen molar-refractivity contribution in [1.82, 2.24) is 9.80 Å². The van der Waals surface area contributed by atoms with Crippen molar-refractivity contribution in [1.29, 1.82) is 0 Å². The smallest absolute Gasteiger partial charge is 0.328 e. The van der Waals surface area contributed by atoms with Gasteiger partial charge < -0.3 is 14.6 Å². The highest BCUT2D eigenvalue weighted by Gasteiger charge is 2.32. The molecule has 1 saturated heterocycles. The fourth-order valence-corrected chi connectivity index (χ4v) is 3.77. The molecule has 2 aromatic rings.